The molecule has 1 aliphatic heterocycles. The fourth-order valence-corrected chi connectivity index (χ4v) is 3.69. The number of nitrogens with zero attached hydrogens (tertiary/aromatic N) is 2. The highest BCUT2D eigenvalue weighted by atomic mass is 32.1. The van der Waals surface area contributed by atoms with Gasteiger partial charge >= 0.3 is 6.03 Å². The molecule has 4 rings (SSSR count). The van der Waals surface area contributed by atoms with Crippen LogP contribution in [0.4, 0.5) is 4.79 Å². The first-order valence-corrected chi connectivity index (χ1v) is 9.07. The first-order chi connectivity index (χ1) is 12.5. The molecule has 3 aromatic rings. The number of amides is 3. The highest BCUT2D eigenvalue weighted by molar-refractivity contribution is 7.13. The zero-order valence-electron chi connectivity index (χ0n) is 14.4. The lowest BCUT2D eigenvalue weighted by atomic mass is 9.92. The predicted molar refractivity (Wildman–Crippen MR) is 97.4 cm³/mol. The largest absolute Gasteiger partial charge is 0.440 e. The van der Waals surface area contributed by atoms with Crippen molar-refractivity contribution in [1.82, 2.24) is 15.2 Å². The van der Waals surface area contributed by atoms with Crippen molar-refractivity contribution in [2.75, 3.05) is 0 Å². The van der Waals surface area contributed by atoms with Gasteiger partial charge in [-0.1, -0.05) is 36.4 Å². The zero-order valence-corrected chi connectivity index (χ0v) is 15.2. The van der Waals surface area contributed by atoms with E-state index in [2.05, 4.69) is 10.3 Å². The molecule has 1 N–H and O–H groups in total. The maximum Gasteiger partial charge on any atom is 0.325 e. The number of nitrogens with one attached hydrogen (secondary N) is 1. The summed E-state index contributed by atoms with van der Waals surface area (Å²) >= 11 is 1.52. The molecular formula is C19H17N3O3S. The van der Waals surface area contributed by atoms with Gasteiger partial charge in [0.2, 0.25) is 5.89 Å². The van der Waals surface area contributed by atoms with Crippen LogP contribution in [0.1, 0.15) is 23.9 Å². The fourth-order valence-electron chi connectivity index (χ4n) is 3.04. The number of rotatable bonds is 4. The van der Waals surface area contributed by atoms with E-state index in [0.29, 0.717) is 17.3 Å². The molecule has 1 saturated heterocycles. The minimum atomic E-state index is -1.08. The zero-order chi connectivity index (χ0) is 18.3. The van der Waals surface area contributed by atoms with Gasteiger partial charge in [-0.05, 0) is 30.9 Å². The molecule has 1 aliphatic rings. The minimum Gasteiger partial charge on any atom is -0.440 e. The second-order valence-electron chi connectivity index (χ2n) is 6.31. The molecule has 6 nitrogen and oxygen atoms in total. The Kier molecular flexibility index (Phi) is 3.88. The Hall–Kier alpha value is -2.93. The molecule has 0 bridgehead atoms. The molecule has 3 heterocycles. The van der Waals surface area contributed by atoms with Crippen LogP contribution in [0.3, 0.4) is 0 Å². The lowest BCUT2D eigenvalue weighted by molar-refractivity contribution is -0.131. The average molecular weight is 367 g/mol. The topological polar surface area (TPSA) is 75.4 Å². The van der Waals surface area contributed by atoms with Crippen molar-refractivity contribution in [1.29, 1.82) is 0 Å². The number of hydrogen-bond acceptors (Lipinski definition) is 5. The van der Waals surface area contributed by atoms with Gasteiger partial charge < -0.3 is 9.73 Å². The van der Waals surface area contributed by atoms with Crippen molar-refractivity contribution in [2.24, 2.45) is 0 Å². The van der Waals surface area contributed by atoms with Crippen LogP contribution >= 0.6 is 11.3 Å². The first kappa shape index (κ1) is 16.5. The number of aromatic nitrogens is 1. The number of imide groups is 1. The Labute approximate surface area is 154 Å². The molecule has 2 aromatic heterocycles. The second-order valence-corrected chi connectivity index (χ2v) is 7.26. The van der Waals surface area contributed by atoms with E-state index in [1.807, 2.05) is 47.8 Å². The van der Waals surface area contributed by atoms with Crippen molar-refractivity contribution < 1.29 is 14.0 Å². The summed E-state index contributed by atoms with van der Waals surface area (Å²) in [5.74, 6) is 0.807. The van der Waals surface area contributed by atoms with Gasteiger partial charge in [-0.3, -0.25) is 9.69 Å². The van der Waals surface area contributed by atoms with E-state index in [0.717, 1.165) is 10.4 Å². The Bertz CT molecular complexity index is 965. The lowest BCUT2D eigenvalue weighted by Gasteiger charge is -2.22. The quantitative estimate of drug-likeness (QED) is 0.714. The van der Waals surface area contributed by atoms with Gasteiger partial charge in [0.1, 0.15) is 17.0 Å². The maximum atomic E-state index is 13.0. The van der Waals surface area contributed by atoms with E-state index < -0.39 is 11.6 Å². The first-order valence-electron chi connectivity index (χ1n) is 8.19. The Morgan fingerprint density at radius 2 is 1.96 bits per heavy atom. The average Bonchev–Trinajstić information content (AvgIpc) is 3.33. The normalized spacial score (nSPS) is 19.8. The van der Waals surface area contributed by atoms with Gasteiger partial charge in [0.25, 0.3) is 5.91 Å². The predicted octanol–water partition coefficient (Wildman–Crippen LogP) is 3.68. The summed E-state index contributed by atoms with van der Waals surface area (Å²) in [7, 11) is 0. The molecule has 1 unspecified atom stereocenters. The van der Waals surface area contributed by atoms with Crippen molar-refractivity contribution in [3.63, 3.8) is 0 Å². The summed E-state index contributed by atoms with van der Waals surface area (Å²) in [6.45, 7) is 3.58. The van der Waals surface area contributed by atoms with Crippen LogP contribution in [-0.2, 0) is 16.9 Å². The maximum absolute atomic E-state index is 13.0. The fraction of sp³-hybridized carbons (Fsp3) is 0.211. The molecule has 7 heteroatoms. The number of thiophene rings is 1. The summed E-state index contributed by atoms with van der Waals surface area (Å²) in [6, 6.07) is 12.6. The van der Waals surface area contributed by atoms with E-state index in [-0.39, 0.29) is 12.5 Å². The number of benzene rings is 1. The van der Waals surface area contributed by atoms with E-state index >= 15 is 0 Å². The van der Waals surface area contributed by atoms with Crippen molar-refractivity contribution in [3.8, 4) is 10.8 Å². The molecule has 26 heavy (non-hydrogen) atoms. The monoisotopic (exact) mass is 367 g/mol. The SMILES string of the molecule is Cc1oc(-c2cccs2)nc1CN1C(=O)NC(C)(c2ccccc2)C1=O. The molecular weight excluding hydrogens is 350 g/mol. The van der Waals surface area contributed by atoms with Crippen molar-refractivity contribution >= 4 is 23.3 Å². The Balaban J connectivity index is 1.61. The van der Waals surface area contributed by atoms with Crippen LogP contribution in [0, 0.1) is 6.92 Å². The number of carbonyl (C=O) groups is 2. The third kappa shape index (κ3) is 2.61. The van der Waals surface area contributed by atoms with Gasteiger partial charge in [0.05, 0.1) is 11.4 Å². The standard InChI is InChI=1S/C19H17N3O3S/c1-12-14(20-16(25-12)15-9-6-10-26-15)11-22-17(23)19(2,21-18(22)24)13-7-4-3-5-8-13/h3-10H,11H2,1-2H3,(H,21,24). The van der Waals surface area contributed by atoms with Gasteiger partial charge in [-0.25, -0.2) is 9.78 Å². The molecule has 1 atom stereocenters. The molecule has 1 fully saturated rings. The van der Waals surface area contributed by atoms with Gasteiger partial charge in [0, 0.05) is 0 Å². The van der Waals surface area contributed by atoms with E-state index in [1.165, 1.54) is 16.2 Å². The number of urea groups is 1. The summed E-state index contributed by atoms with van der Waals surface area (Å²) < 4.78 is 5.71. The van der Waals surface area contributed by atoms with Crippen molar-refractivity contribution in [2.45, 2.75) is 25.9 Å². The number of hydrogen-bond donors (Lipinski definition) is 1. The summed E-state index contributed by atoms with van der Waals surface area (Å²) in [5, 5.41) is 4.74. The molecule has 0 saturated carbocycles. The van der Waals surface area contributed by atoms with E-state index in [9.17, 15) is 9.59 Å². The van der Waals surface area contributed by atoms with Crippen molar-refractivity contribution in [3.05, 3.63) is 64.9 Å². The van der Waals surface area contributed by atoms with Crippen LogP contribution in [0.15, 0.2) is 52.3 Å². The van der Waals surface area contributed by atoms with E-state index in [4.69, 9.17) is 4.42 Å². The minimum absolute atomic E-state index is 0.0772. The summed E-state index contributed by atoms with van der Waals surface area (Å²) in [5.41, 5.74) is 0.248. The smallest absolute Gasteiger partial charge is 0.325 e. The van der Waals surface area contributed by atoms with Crippen LogP contribution in [0.2, 0.25) is 0 Å². The third-order valence-corrected chi connectivity index (χ3v) is 5.42. The number of oxazole rings is 1. The Morgan fingerprint density at radius 1 is 1.19 bits per heavy atom. The second kappa shape index (κ2) is 6.10. The van der Waals surface area contributed by atoms with Crippen LogP contribution < -0.4 is 5.32 Å². The van der Waals surface area contributed by atoms with Crippen LogP contribution in [0.5, 0.6) is 0 Å². The van der Waals surface area contributed by atoms with Gasteiger partial charge in [-0.15, -0.1) is 11.3 Å². The molecule has 3 amide bonds. The van der Waals surface area contributed by atoms with Crippen LogP contribution in [-0.4, -0.2) is 21.8 Å². The Morgan fingerprint density at radius 3 is 2.65 bits per heavy atom. The van der Waals surface area contributed by atoms with Gasteiger partial charge in [0.15, 0.2) is 0 Å². The molecule has 0 spiro atoms. The highest BCUT2D eigenvalue weighted by Crippen LogP contribution is 2.31. The lowest BCUT2D eigenvalue weighted by Crippen LogP contribution is -2.40. The molecule has 0 aliphatic carbocycles. The third-order valence-electron chi connectivity index (χ3n) is 4.56. The molecule has 132 valence electrons. The molecule has 1 aromatic carbocycles. The van der Waals surface area contributed by atoms with Crippen LogP contribution in [0.25, 0.3) is 10.8 Å². The molecule has 0 radical (unpaired) electrons. The summed E-state index contributed by atoms with van der Waals surface area (Å²) in [6.07, 6.45) is 0. The highest BCUT2D eigenvalue weighted by Gasteiger charge is 2.49. The number of carbonyl (C=O) groups excluding carboxylic acids is 2. The summed E-state index contributed by atoms with van der Waals surface area (Å²) in [4.78, 5) is 32.0. The number of aryl methyl sites for hydroxylation is 1. The van der Waals surface area contributed by atoms with Gasteiger partial charge in [-0.2, -0.15) is 0 Å². The van der Waals surface area contributed by atoms with E-state index in [1.54, 1.807) is 13.8 Å².